The normalized spacial score (nSPS) is 15.2. The van der Waals surface area contributed by atoms with Crippen molar-refractivity contribution in [1.29, 1.82) is 0 Å². The van der Waals surface area contributed by atoms with Crippen LogP contribution in [0.1, 0.15) is 36.0 Å². The largest absolute Gasteiger partial charge is 0.452 e. The molecule has 2 aromatic rings. The maximum Gasteiger partial charge on any atom is 0.339 e. The second kappa shape index (κ2) is 10.2. The van der Waals surface area contributed by atoms with Gasteiger partial charge in [-0.1, -0.05) is 31.0 Å². The fourth-order valence-corrected chi connectivity index (χ4v) is 5.21. The molecule has 0 unspecified atom stereocenters. The number of nitrogens with one attached hydrogen (secondary N) is 1. The number of esters is 1. The third kappa shape index (κ3) is 5.68. The number of hydrogen-bond donors (Lipinski definition) is 1. The summed E-state index contributed by atoms with van der Waals surface area (Å²) in [6.07, 6.45) is 3.75. The van der Waals surface area contributed by atoms with E-state index < -0.39 is 28.5 Å². The lowest BCUT2D eigenvalue weighted by atomic mass is 10.2. The molecule has 0 saturated carbocycles. The lowest BCUT2D eigenvalue weighted by Gasteiger charge is -2.20. The Morgan fingerprint density at radius 2 is 1.70 bits per heavy atom. The van der Waals surface area contributed by atoms with Crippen molar-refractivity contribution in [2.24, 2.45) is 0 Å². The van der Waals surface area contributed by atoms with Crippen molar-refractivity contribution in [3.63, 3.8) is 0 Å². The lowest BCUT2D eigenvalue weighted by molar-refractivity contribution is -0.119. The molecule has 0 spiro atoms. The van der Waals surface area contributed by atoms with Crippen molar-refractivity contribution in [3.8, 4) is 0 Å². The smallest absolute Gasteiger partial charge is 0.339 e. The van der Waals surface area contributed by atoms with Crippen LogP contribution in [0.2, 0.25) is 0 Å². The number of ether oxygens (including phenoxy) is 1. The molecule has 3 rings (SSSR count). The van der Waals surface area contributed by atoms with Gasteiger partial charge in [0.25, 0.3) is 5.91 Å². The molecule has 30 heavy (non-hydrogen) atoms. The Balaban J connectivity index is 1.62. The van der Waals surface area contributed by atoms with Crippen molar-refractivity contribution in [2.75, 3.05) is 25.0 Å². The second-order valence-corrected chi connectivity index (χ2v) is 9.74. The van der Waals surface area contributed by atoms with E-state index >= 15 is 0 Å². The fourth-order valence-electron chi connectivity index (χ4n) is 3.20. The molecule has 2 aromatic carbocycles. The molecule has 1 N–H and O–H groups in total. The highest BCUT2D eigenvalue weighted by Crippen LogP contribution is 2.23. The maximum absolute atomic E-state index is 12.9. The van der Waals surface area contributed by atoms with E-state index in [-0.39, 0.29) is 4.90 Å². The van der Waals surface area contributed by atoms with E-state index in [1.807, 2.05) is 0 Å². The van der Waals surface area contributed by atoms with Crippen LogP contribution in [0, 0.1) is 0 Å². The molecule has 9 heteroatoms. The number of sulfonamides is 1. The summed E-state index contributed by atoms with van der Waals surface area (Å²) in [6, 6.07) is 12.9. The molecule has 1 fully saturated rings. The van der Waals surface area contributed by atoms with Gasteiger partial charge in [-0.25, -0.2) is 13.2 Å². The van der Waals surface area contributed by atoms with E-state index in [1.54, 1.807) is 36.4 Å². The summed E-state index contributed by atoms with van der Waals surface area (Å²) in [4.78, 5) is 24.4. The summed E-state index contributed by atoms with van der Waals surface area (Å²) >= 11 is 3.26. The first-order chi connectivity index (χ1) is 14.4. The first-order valence-electron chi connectivity index (χ1n) is 9.69. The van der Waals surface area contributed by atoms with Crippen molar-refractivity contribution in [1.82, 2.24) is 4.31 Å². The Labute approximate surface area is 184 Å². The lowest BCUT2D eigenvalue weighted by Crippen LogP contribution is -2.32. The van der Waals surface area contributed by atoms with Gasteiger partial charge in [0.05, 0.1) is 10.5 Å². The van der Waals surface area contributed by atoms with Gasteiger partial charge in [0.15, 0.2) is 6.61 Å². The highest BCUT2D eigenvalue weighted by Gasteiger charge is 2.25. The van der Waals surface area contributed by atoms with Crippen LogP contribution in [-0.4, -0.2) is 44.3 Å². The number of benzene rings is 2. The highest BCUT2D eigenvalue weighted by atomic mass is 79.9. The second-order valence-electron chi connectivity index (χ2n) is 6.95. The molecule has 160 valence electrons. The summed E-state index contributed by atoms with van der Waals surface area (Å²) in [7, 11) is -3.62. The topological polar surface area (TPSA) is 92.8 Å². The van der Waals surface area contributed by atoms with E-state index in [1.165, 1.54) is 16.4 Å². The quantitative estimate of drug-likeness (QED) is 0.616. The Hall–Kier alpha value is -2.23. The zero-order chi connectivity index (χ0) is 21.6. The molecule has 0 atom stereocenters. The molecule has 0 aliphatic carbocycles. The molecular formula is C21H23BrN2O5S. The summed E-state index contributed by atoms with van der Waals surface area (Å²) in [5.41, 5.74) is 0.642. The number of amides is 1. The first kappa shape index (κ1) is 22.5. The van der Waals surface area contributed by atoms with Gasteiger partial charge in [-0.2, -0.15) is 4.31 Å². The van der Waals surface area contributed by atoms with E-state index in [0.29, 0.717) is 28.8 Å². The molecule has 1 heterocycles. The van der Waals surface area contributed by atoms with E-state index in [0.717, 1.165) is 25.7 Å². The van der Waals surface area contributed by atoms with Gasteiger partial charge in [-0.15, -0.1) is 0 Å². The minimum absolute atomic E-state index is 0.132. The Morgan fingerprint density at radius 1 is 1.00 bits per heavy atom. The number of nitrogens with zero attached hydrogens (tertiary/aromatic N) is 1. The van der Waals surface area contributed by atoms with Gasteiger partial charge in [0, 0.05) is 23.2 Å². The van der Waals surface area contributed by atoms with Gasteiger partial charge < -0.3 is 10.1 Å². The molecule has 7 nitrogen and oxygen atoms in total. The number of carbonyl (C=O) groups excluding carboxylic acids is 2. The van der Waals surface area contributed by atoms with Gasteiger partial charge in [-0.05, 0) is 59.1 Å². The molecule has 1 amide bonds. The van der Waals surface area contributed by atoms with Crippen molar-refractivity contribution in [2.45, 2.75) is 30.6 Å². The van der Waals surface area contributed by atoms with Crippen LogP contribution in [0.3, 0.4) is 0 Å². The minimum atomic E-state index is -3.62. The van der Waals surface area contributed by atoms with Crippen LogP contribution in [0.5, 0.6) is 0 Å². The molecule has 0 aromatic heterocycles. The Kier molecular flexibility index (Phi) is 7.63. The van der Waals surface area contributed by atoms with Crippen LogP contribution >= 0.6 is 15.9 Å². The average Bonchev–Trinajstić information content (AvgIpc) is 3.03. The number of carbonyl (C=O) groups is 2. The van der Waals surface area contributed by atoms with E-state index in [2.05, 4.69) is 21.2 Å². The van der Waals surface area contributed by atoms with Gasteiger partial charge in [-0.3, -0.25) is 4.79 Å². The van der Waals surface area contributed by atoms with Crippen LogP contribution in [0.25, 0.3) is 0 Å². The monoisotopic (exact) mass is 494 g/mol. The van der Waals surface area contributed by atoms with Crippen molar-refractivity contribution < 1.29 is 22.7 Å². The van der Waals surface area contributed by atoms with Gasteiger partial charge in [0.1, 0.15) is 0 Å². The van der Waals surface area contributed by atoms with Crippen molar-refractivity contribution >= 4 is 43.5 Å². The average molecular weight is 495 g/mol. The number of rotatable bonds is 6. The predicted molar refractivity (Wildman–Crippen MR) is 117 cm³/mol. The van der Waals surface area contributed by atoms with Crippen molar-refractivity contribution in [3.05, 3.63) is 58.6 Å². The van der Waals surface area contributed by atoms with Crippen LogP contribution in [-0.2, 0) is 19.6 Å². The number of anilines is 1. The molecule has 1 aliphatic heterocycles. The first-order valence-corrected chi connectivity index (χ1v) is 11.9. The van der Waals surface area contributed by atoms with Crippen LogP contribution < -0.4 is 5.32 Å². The summed E-state index contributed by atoms with van der Waals surface area (Å²) < 4.78 is 33.0. The molecular weight excluding hydrogens is 472 g/mol. The summed E-state index contributed by atoms with van der Waals surface area (Å²) in [5.74, 6) is -1.19. The van der Waals surface area contributed by atoms with Crippen LogP contribution in [0.15, 0.2) is 57.9 Å². The summed E-state index contributed by atoms with van der Waals surface area (Å²) in [5, 5.41) is 2.58. The molecule has 0 radical (unpaired) electrons. The Bertz CT molecular complexity index is 1020. The molecule has 1 saturated heterocycles. The SMILES string of the molecule is O=C(COC(=O)c1ccccc1Br)Nc1cccc(S(=O)(=O)N2CCCCCC2)c1. The maximum atomic E-state index is 12.9. The zero-order valence-corrected chi connectivity index (χ0v) is 18.7. The summed E-state index contributed by atoms with van der Waals surface area (Å²) in [6.45, 7) is 0.525. The van der Waals surface area contributed by atoms with E-state index in [9.17, 15) is 18.0 Å². The standard InChI is InChI=1S/C21H23BrN2O5S/c22-19-11-4-3-10-18(19)21(26)29-15-20(25)23-16-8-7-9-17(14-16)30(27,28)24-12-5-1-2-6-13-24/h3-4,7-11,14H,1-2,5-6,12-13,15H2,(H,23,25). The van der Waals surface area contributed by atoms with Gasteiger partial charge >= 0.3 is 5.97 Å². The molecule has 0 bridgehead atoms. The van der Waals surface area contributed by atoms with Gasteiger partial charge in [0.2, 0.25) is 10.0 Å². The highest BCUT2D eigenvalue weighted by molar-refractivity contribution is 9.10. The number of halogens is 1. The third-order valence-electron chi connectivity index (χ3n) is 4.75. The third-order valence-corrected chi connectivity index (χ3v) is 7.33. The van der Waals surface area contributed by atoms with Crippen LogP contribution in [0.4, 0.5) is 5.69 Å². The molecule has 1 aliphatic rings. The minimum Gasteiger partial charge on any atom is -0.452 e. The Morgan fingerprint density at radius 3 is 2.40 bits per heavy atom. The van der Waals surface area contributed by atoms with E-state index in [4.69, 9.17) is 4.74 Å². The zero-order valence-electron chi connectivity index (χ0n) is 16.3. The predicted octanol–water partition coefficient (Wildman–Crippen LogP) is 3.81. The fraction of sp³-hybridized carbons (Fsp3) is 0.333. The number of hydrogen-bond acceptors (Lipinski definition) is 5.